The zero-order valence-electron chi connectivity index (χ0n) is 15.3. The van der Waals surface area contributed by atoms with Crippen LogP contribution in [0.1, 0.15) is 27.5 Å². The molecule has 2 aromatic carbocycles. The van der Waals surface area contributed by atoms with Crippen molar-refractivity contribution in [2.24, 2.45) is 12.8 Å². The standard InChI is InChI=1S/C20H17ClN4O3S/c1-25-12-15(10-19(25)20(23)26)29(27,28)24-14-7-8-16(18(21)9-14)17(11-22)13-5-3-2-4-6-13/h2-10,12,17,24H,1H3,(H2,23,26)/t17-/m0/s1. The van der Waals surface area contributed by atoms with Crippen molar-refractivity contribution < 1.29 is 13.2 Å². The summed E-state index contributed by atoms with van der Waals surface area (Å²) in [6, 6.07) is 17.2. The summed E-state index contributed by atoms with van der Waals surface area (Å²) in [5.41, 5.74) is 6.88. The minimum atomic E-state index is -3.96. The molecule has 0 unspecified atom stereocenters. The molecule has 3 aromatic rings. The second-order valence-electron chi connectivity index (χ2n) is 6.35. The maximum Gasteiger partial charge on any atom is 0.265 e. The number of hydrogen-bond acceptors (Lipinski definition) is 4. The quantitative estimate of drug-likeness (QED) is 0.626. The van der Waals surface area contributed by atoms with Crippen molar-refractivity contribution in [1.29, 1.82) is 5.26 Å². The normalized spacial score (nSPS) is 12.2. The lowest BCUT2D eigenvalue weighted by Crippen LogP contribution is -2.14. The van der Waals surface area contributed by atoms with Crippen molar-refractivity contribution in [3.8, 4) is 6.07 Å². The molecule has 0 radical (unpaired) electrons. The average Bonchev–Trinajstić information content (AvgIpc) is 3.08. The van der Waals surface area contributed by atoms with Gasteiger partial charge in [0.05, 0.1) is 17.7 Å². The van der Waals surface area contributed by atoms with Gasteiger partial charge in [-0.1, -0.05) is 48.0 Å². The van der Waals surface area contributed by atoms with Gasteiger partial charge in [-0.15, -0.1) is 0 Å². The summed E-state index contributed by atoms with van der Waals surface area (Å²) in [7, 11) is -2.43. The number of nitrogens with one attached hydrogen (secondary N) is 1. The molecule has 1 aromatic heterocycles. The number of aromatic nitrogens is 1. The van der Waals surface area contributed by atoms with E-state index in [9.17, 15) is 18.5 Å². The first-order valence-corrected chi connectivity index (χ1v) is 10.3. The van der Waals surface area contributed by atoms with Crippen LogP contribution in [0.5, 0.6) is 0 Å². The molecule has 29 heavy (non-hydrogen) atoms. The SMILES string of the molecule is Cn1cc(S(=O)(=O)Nc2ccc([C@@H](C#N)c3ccccc3)c(Cl)c2)cc1C(N)=O. The van der Waals surface area contributed by atoms with Crippen LogP contribution in [0.3, 0.4) is 0 Å². The average molecular weight is 429 g/mol. The zero-order valence-corrected chi connectivity index (χ0v) is 16.9. The molecule has 7 nitrogen and oxygen atoms in total. The Balaban J connectivity index is 1.90. The summed E-state index contributed by atoms with van der Waals surface area (Å²) in [6.45, 7) is 0. The predicted octanol–water partition coefficient (Wildman–Crippen LogP) is 3.23. The van der Waals surface area contributed by atoms with Gasteiger partial charge in [-0.25, -0.2) is 8.42 Å². The minimum Gasteiger partial charge on any atom is -0.364 e. The van der Waals surface area contributed by atoms with Crippen LogP contribution in [-0.4, -0.2) is 18.9 Å². The number of nitrogens with zero attached hydrogens (tertiary/aromatic N) is 2. The van der Waals surface area contributed by atoms with E-state index in [4.69, 9.17) is 17.3 Å². The summed E-state index contributed by atoms with van der Waals surface area (Å²) in [5.74, 6) is -1.31. The van der Waals surface area contributed by atoms with Crippen molar-refractivity contribution in [2.45, 2.75) is 10.8 Å². The van der Waals surface area contributed by atoms with Gasteiger partial charge in [0, 0.05) is 18.3 Å². The molecule has 0 aliphatic carbocycles. The molecule has 0 aliphatic heterocycles. The Morgan fingerprint density at radius 1 is 1.21 bits per heavy atom. The van der Waals surface area contributed by atoms with Gasteiger partial charge in [0.1, 0.15) is 10.6 Å². The monoisotopic (exact) mass is 428 g/mol. The number of anilines is 1. The number of hydrogen-bond donors (Lipinski definition) is 2. The first-order valence-electron chi connectivity index (χ1n) is 8.46. The van der Waals surface area contributed by atoms with Crippen LogP contribution in [-0.2, 0) is 17.1 Å². The second-order valence-corrected chi connectivity index (χ2v) is 8.44. The van der Waals surface area contributed by atoms with Gasteiger partial charge in [-0.05, 0) is 29.3 Å². The van der Waals surface area contributed by atoms with Crippen LogP contribution < -0.4 is 10.5 Å². The van der Waals surface area contributed by atoms with Crippen LogP contribution in [0.4, 0.5) is 5.69 Å². The van der Waals surface area contributed by atoms with E-state index in [0.717, 1.165) is 5.56 Å². The molecular formula is C20H17ClN4O3S. The van der Waals surface area contributed by atoms with Crippen LogP contribution in [0.25, 0.3) is 0 Å². The van der Waals surface area contributed by atoms with Gasteiger partial charge in [0.2, 0.25) is 0 Å². The third-order valence-corrected chi connectivity index (χ3v) is 6.04. The highest BCUT2D eigenvalue weighted by molar-refractivity contribution is 7.92. The van der Waals surface area contributed by atoms with Crippen molar-refractivity contribution in [3.05, 3.63) is 82.6 Å². The van der Waals surface area contributed by atoms with Gasteiger partial charge >= 0.3 is 0 Å². The van der Waals surface area contributed by atoms with Crippen molar-refractivity contribution in [3.63, 3.8) is 0 Å². The first kappa shape index (κ1) is 20.5. The van der Waals surface area contributed by atoms with Gasteiger partial charge < -0.3 is 10.3 Å². The molecule has 9 heteroatoms. The van der Waals surface area contributed by atoms with Crippen molar-refractivity contribution >= 4 is 33.2 Å². The molecular weight excluding hydrogens is 412 g/mol. The number of aryl methyl sites for hydroxylation is 1. The molecule has 3 N–H and O–H groups in total. The largest absolute Gasteiger partial charge is 0.364 e. The molecule has 0 bridgehead atoms. The van der Waals surface area contributed by atoms with E-state index >= 15 is 0 Å². The molecule has 0 aliphatic rings. The number of nitrogens with two attached hydrogens (primary N) is 1. The van der Waals surface area contributed by atoms with Gasteiger partial charge in [-0.3, -0.25) is 9.52 Å². The Kier molecular flexibility index (Phi) is 5.64. The smallest absolute Gasteiger partial charge is 0.265 e. The van der Waals surface area contributed by atoms with Crippen LogP contribution in [0.15, 0.2) is 65.7 Å². The first-order chi connectivity index (χ1) is 13.7. The lowest BCUT2D eigenvalue weighted by molar-refractivity contribution is 0.0992. The molecule has 1 atom stereocenters. The Labute approximate surface area is 173 Å². The van der Waals surface area contributed by atoms with Crippen LogP contribution >= 0.6 is 11.6 Å². The summed E-state index contributed by atoms with van der Waals surface area (Å²) in [5, 5.41) is 9.83. The van der Waals surface area contributed by atoms with E-state index in [1.165, 1.54) is 36.0 Å². The number of halogens is 1. The maximum atomic E-state index is 12.6. The van der Waals surface area contributed by atoms with E-state index in [2.05, 4.69) is 10.8 Å². The van der Waals surface area contributed by atoms with Gasteiger partial charge in [0.15, 0.2) is 0 Å². The molecule has 1 heterocycles. The lowest BCUT2D eigenvalue weighted by Gasteiger charge is -2.14. The lowest BCUT2D eigenvalue weighted by atomic mass is 9.92. The highest BCUT2D eigenvalue weighted by Gasteiger charge is 2.21. The molecule has 0 saturated carbocycles. The number of benzene rings is 2. The number of carbonyl (C=O) groups is 1. The third kappa shape index (κ3) is 4.26. The predicted molar refractivity (Wildman–Crippen MR) is 110 cm³/mol. The van der Waals surface area contributed by atoms with E-state index in [0.29, 0.717) is 5.56 Å². The highest BCUT2D eigenvalue weighted by atomic mass is 35.5. The highest BCUT2D eigenvalue weighted by Crippen LogP contribution is 2.32. The Morgan fingerprint density at radius 3 is 2.45 bits per heavy atom. The second kappa shape index (κ2) is 7.99. The van der Waals surface area contributed by atoms with E-state index in [-0.39, 0.29) is 21.3 Å². The molecule has 0 saturated heterocycles. The number of carbonyl (C=O) groups excluding carboxylic acids is 1. The van der Waals surface area contributed by atoms with Crippen LogP contribution in [0, 0.1) is 11.3 Å². The van der Waals surface area contributed by atoms with Crippen molar-refractivity contribution in [2.75, 3.05) is 4.72 Å². The van der Waals surface area contributed by atoms with E-state index in [1.807, 2.05) is 30.3 Å². The number of rotatable bonds is 6. The number of amides is 1. The summed E-state index contributed by atoms with van der Waals surface area (Å²) >= 11 is 6.35. The zero-order chi connectivity index (χ0) is 21.2. The fourth-order valence-corrected chi connectivity index (χ4v) is 4.34. The molecule has 148 valence electrons. The van der Waals surface area contributed by atoms with E-state index in [1.54, 1.807) is 6.07 Å². The summed E-state index contributed by atoms with van der Waals surface area (Å²) < 4.78 is 29.0. The summed E-state index contributed by atoms with van der Waals surface area (Å²) in [6.07, 6.45) is 1.29. The number of sulfonamides is 1. The van der Waals surface area contributed by atoms with Crippen molar-refractivity contribution in [1.82, 2.24) is 4.57 Å². The third-order valence-electron chi connectivity index (χ3n) is 4.37. The fraction of sp³-hybridized carbons (Fsp3) is 0.100. The minimum absolute atomic E-state index is 0.0680. The van der Waals surface area contributed by atoms with E-state index < -0.39 is 21.8 Å². The van der Waals surface area contributed by atoms with Gasteiger partial charge in [0.25, 0.3) is 15.9 Å². The van der Waals surface area contributed by atoms with Crippen LogP contribution in [0.2, 0.25) is 5.02 Å². The number of nitriles is 1. The fourth-order valence-electron chi connectivity index (χ4n) is 2.93. The summed E-state index contributed by atoms with van der Waals surface area (Å²) in [4.78, 5) is 11.3. The Morgan fingerprint density at radius 2 is 1.90 bits per heavy atom. The molecule has 1 amide bonds. The molecule has 0 spiro atoms. The van der Waals surface area contributed by atoms with Gasteiger partial charge in [-0.2, -0.15) is 5.26 Å². The Bertz CT molecular complexity index is 1210. The number of primary amides is 1. The Hall–Kier alpha value is -3.28. The molecule has 3 rings (SSSR count). The topological polar surface area (TPSA) is 118 Å². The maximum absolute atomic E-state index is 12.6. The molecule has 0 fully saturated rings.